The van der Waals surface area contributed by atoms with Crippen molar-refractivity contribution in [2.75, 3.05) is 11.9 Å². The van der Waals surface area contributed by atoms with Crippen molar-refractivity contribution in [3.8, 4) is 11.5 Å². The fourth-order valence-corrected chi connectivity index (χ4v) is 4.80. The van der Waals surface area contributed by atoms with Crippen LogP contribution in [-0.4, -0.2) is 34.6 Å². The van der Waals surface area contributed by atoms with E-state index in [0.717, 1.165) is 44.8 Å². The number of fused-ring (bicyclic) bond motifs is 2. The van der Waals surface area contributed by atoms with Gasteiger partial charge in [-0.3, -0.25) is 4.79 Å². The van der Waals surface area contributed by atoms with Crippen LogP contribution in [0.3, 0.4) is 0 Å². The molecule has 1 aromatic carbocycles. The van der Waals surface area contributed by atoms with Crippen LogP contribution in [0, 0.1) is 13.8 Å². The van der Waals surface area contributed by atoms with Crippen LogP contribution in [0.4, 0.5) is 5.82 Å². The van der Waals surface area contributed by atoms with Crippen molar-refractivity contribution in [1.29, 1.82) is 0 Å². The van der Waals surface area contributed by atoms with E-state index in [1.54, 1.807) is 11.3 Å². The fraction of sp³-hybridized carbons (Fsp3) is 0.435. The number of carbonyl (C=O) groups excluding carboxylic acids is 1. The Balaban J connectivity index is 1.46. The van der Waals surface area contributed by atoms with Crippen molar-refractivity contribution in [1.82, 2.24) is 15.3 Å². The zero-order chi connectivity index (χ0) is 22.1. The minimum absolute atomic E-state index is 0.117. The van der Waals surface area contributed by atoms with Crippen molar-refractivity contribution in [3.05, 3.63) is 40.0 Å². The molecule has 2 atom stereocenters. The quantitative estimate of drug-likeness (QED) is 0.574. The second kappa shape index (κ2) is 8.70. The number of carbonyl (C=O) groups is 1. The maximum Gasteiger partial charge on any atom is 0.242 e. The lowest BCUT2D eigenvalue weighted by Gasteiger charge is -2.17. The number of hydrogen-bond acceptors (Lipinski definition) is 7. The number of rotatable bonds is 7. The average Bonchev–Trinajstić information content (AvgIpc) is 3.24. The summed E-state index contributed by atoms with van der Waals surface area (Å²) in [6.07, 6.45) is 2.56. The summed E-state index contributed by atoms with van der Waals surface area (Å²) >= 11 is 1.63. The molecule has 0 radical (unpaired) electrons. The molecule has 1 amide bonds. The summed E-state index contributed by atoms with van der Waals surface area (Å²) < 4.78 is 11.7. The summed E-state index contributed by atoms with van der Waals surface area (Å²) in [5.74, 6) is 2.23. The Labute approximate surface area is 186 Å². The van der Waals surface area contributed by atoms with Gasteiger partial charge in [0.1, 0.15) is 40.6 Å². The standard InChI is InChI=1S/C23H28N4O3S/c1-6-29-18-8-16-7-12(2)30-19(16)9-17(18)10-24-22(28)14(4)27-21-20-13(3)15(5)31-23(20)26-11-25-21/h8-9,11-12,14H,6-7,10H2,1-5H3,(H,24,28)(H,25,26,27)/t12-,14+/m0/s1. The Morgan fingerprint density at radius 1 is 1.35 bits per heavy atom. The van der Waals surface area contributed by atoms with Crippen LogP contribution in [-0.2, 0) is 17.8 Å². The van der Waals surface area contributed by atoms with E-state index in [1.807, 2.05) is 26.0 Å². The monoisotopic (exact) mass is 440 g/mol. The molecule has 2 N–H and O–H groups in total. The first-order chi connectivity index (χ1) is 14.9. The van der Waals surface area contributed by atoms with Gasteiger partial charge in [0, 0.05) is 29.0 Å². The first-order valence-electron chi connectivity index (χ1n) is 10.6. The third kappa shape index (κ3) is 4.30. The first kappa shape index (κ1) is 21.4. The Morgan fingerprint density at radius 2 is 2.16 bits per heavy atom. The second-order valence-electron chi connectivity index (χ2n) is 7.90. The van der Waals surface area contributed by atoms with Crippen LogP contribution in [0.25, 0.3) is 10.2 Å². The Kier molecular flexibility index (Phi) is 6.00. The van der Waals surface area contributed by atoms with Gasteiger partial charge in [-0.15, -0.1) is 11.3 Å². The molecule has 3 aromatic rings. The van der Waals surface area contributed by atoms with Crippen molar-refractivity contribution >= 4 is 33.3 Å². The molecule has 8 heteroatoms. The highest BCUT2D eigenvalue weighted by Crippen LogP contribution is 2.35. The Morgan fingerprint density at radius 3 is 2.94 bits per heavy atom. The van der Waals surface area contributed by atoms with Crippen LogP contribution in [0.5, 0.6) is 11.5 Å². The molecule has 0 fully saturated rings. The summed E-state index contributed by atoms with van der Waals surface area (Å²) in [5, 5.41) is 7.24. The van der Waals surface area contributed by atoms with Gasteiger partial charge in [-0.2, -0.15) is 0 Å². The van der Waals surface area contributed by atoms with E-state index in [-0.39, 0.29) is 12.0 Å². The first-order valence-corrected chi connectivity index (χ1v) is 11.4. The van der Waals surface area contributed by atoms with Gasteiger partial charge in [-0.05, 0) is 52.3 Å². The number of aromatic nitrogens is 2. The predicted octanol–water partition coefficient (Wildman–Crippen LogP) is 4.15. The maximum absolute atomic E-state index is 12.8. The summed E-state index contributed by atoms with van der Waals surface area (Å²) in [6.45, 7) is 10.9. The van der Waals surface area contributed by atoms with E-state index in [1.165, 1.54) is 11.2 Å². The Bertz CT molecular complexity index is 1130. The number of nitrogens with zero attached hydrogens (tertiary/aromatic N) is 2. The number of aryl methyl sites for hydroxylation is 2. The molecule has 0 saturated carbocycles. The molecule has 0 saturated heterocycles. The molecule has 2 aromatic heterocycles. The van der Waals surface area contributed by atoms with Gasteiger partial charge >= 0.3 is 0 Å². The predicted molar refractivity (Wildman–Crippen MR) is 123 cm³/mol. The molecule has 31 heavy (non-hydrogen) atoms. The highest BCUT2D eigenvalue weighted by atomic mass is 32.1. The molecule has 0 bridgehead atoms. The number of nitrogens with one attached hydrogen (secondary N) is 2. The smallest absolute Gasteiger partial charge is 0.242 e. The molecule has 7 nitrogen and oxygen atoms in total. The third-order valence-electron chi connectivity index (χ3n) is 5.54. The van der Waals surface area contributed by atoms with Crippen LogP contribution >= 0.6 is 11.3 Å². The average molecular weight is 441 g/mol. The van der Waals surface area contributed by atoms with Crippen molar-refractivity contribution in [3.63, 3.8) is 0 Å². The normalized spacial score (nSPS) is 16.0. The summed E-state index contributed by atoms with van der Waals surface area (Å²) in [7, 11) is 0. The van der Waals surface area contributed by atoms with Crippen molar-refractivity contribution in [2.24, 2.45) is 0 Å². The minimum atomic E-state index is -0.459. The van der Waals surface area contributed by atoms with Gasteiger partial charge in [-0.1, -0.05) is 0 Å². The summed E-state index contributed by atoms with van der Waals surface area (Å²) in [6, 6.07) is 3.55. The van der Waals surface area contributed by atoms with Crippen LogP contribution < -0.4 is 20.1 Å². The number of anilines is 1. The number of hydrogen-bond donors (Lipinski definition) is 2. The topological polar surface area (TPSA) is 85.4 Å². The lowest BCUT2D eigenvalue weighted by atomic mass is 10.1. The van der Waals surface area contributed by atoms with Gasteiger partial charge in [0.15, 0.2) is 0 Å². The van der Waals surface area contributed by atoms with Crippen LogP contribution in [0.15, 0.2) is 18.5 Å². The van der Waals surface area contributed by atoms with Gasteiger partial charge in [0.25, 0.3) is 0 Å². The van der Waals surface area contributed by atoms with E-state index in [9.17, 15) is 4.79 Å². The van der Waals surface area contributed by atoms with E-state index in [4.69, 9.17) is 9.47 Å². The van der Waals surface area contributed by atoms with Gasteiger partial charge in [-0.25, -0.2) is 9.97 Å². The number of ether oxygens (including phenoxy) is 2. The molecular weight excluding hydrogens is 412 g/mol. The molecule has 0 aliphatic carbocycles. The third-order valence-corrected chi connectivity index (χ3v) is 6.66. The number of amides is 1. The summed E-state index contributed by atoms with van der Waals surface area (Å²) in [4.78, 5) is 23.7. The molecule has 1 aliphatic heterocycles. The molecule has 0 unspecified atom stereocenters. The number of thiophene rings is 1. The van der Waals surface area contributed by atoms with E-state index in [0.29, 0.717) is 19.0 Å². The maximum atomic E-state index is 12.8. The van der Waals surface area contributed by atoms with Crippen LogP contribution in [0.2, 0.25) is 0 Å². The lowest BCUT2D eigenvalue weighted by Crippen LogP contribution is -2.37. The van der Waals surface area contributed by atoms with Gasteiger partial charge in [0.05, 0.1) is 12.0 Å². The molecule has 4 rings (SSSR count). The van der Waals surface area contributed by atoms with E-state index >= 15 is 0 Å². The minimum Gasteiger partial charge on any atom is -0.494 e. The van der Waals surface area contributed by atoms with Crippen LogP contribution in [0.1, 0.15) is 42.3 Å². The lowest BCUT2D eigenvalue weighted by molar-refractivity contribution is -0.121. The molecule has 164 valence electrons. The molecular formula is C23H28N4O3S. The second-order valence-corrected chi connectivity index (χ2v) is 9.11. The van der Waals surface area contributed by atoms with E-state index in [2.05, 4.69) is 41.4 Å². The highest BCUT2D eigenvalue weighted by molar-refractivity contribution is 7.18. The fourth-order valence-electron chi connectivity index (χ4n) is 3.81. The zero-order valence-corrected chi connectivity index (χ0v) is 19.4. The molecule has 3 heterocycles. The molecule has 0 spiro atoms. The van der Waals surface area contributed by atoms with Crippen molar-refractivity contribution < 1.29 is 14.3 Å². The van der Waals surface area contributed by atoms with Gasteiger partial charge in [0.2, 0.25) is 5.91 Å². The SMILES string of the molecule is CCOc1cc2c(cc1CNC(=O)[C@@H](C)Nc1ncnc3sc(C)c(C)c13)O[C@@H](C)C2. The zero-order valence-electron chi connectivity index (χ0n) is 18.5. The van der Waals surface area contributed by atoms with Gasteiger partial charge < -0.3 is 20.1 Å². The summed E-state index contributed by atoms with van der Waals surface area (Å²) in [5.41, 5.74) is 3.20. The number of benzene rings is 1. The molecule has 1 aliphatic rings. The largest absolute Gasteiger partial charge is 0.494 e. The highest BCUT2D eigenvalue weighted by Gasteiger charge is 2.23. The van der Waals surface area contributed by atoms with E-state index < -0.39 is 6.04 Å². The van der Waals surface area contributed by atoms with Crippen molar-refractivity contribution in [2.45, 2.75) is 59.7 Å². The Hall–Kier alpha value is -2.87.